The van der Waals surface area contributed by atoms with Crippen molar-refractivity contribution in [1.82, 2.24) is 0 Å². The van der Waals surface area contributed by atoms with Crippen LogP contribution in [-0.2, 0) is 9.84 Å². The molecule has 1 saturated heterocycles. The lowest BCUT2D eigenvalue weighted by Crippen LogP contribution is -2.52. The third-order valence-electron chi connectivity index (χ3n) is 2.94. The first-order valence-corrected chi connectivity index (χ1v) is 8.06. The maximum Gasteiger partial charge on any atom is 0.154 e. The van der Waals surface area contributed by atoms with Crippen molar-refractivity contribution in [2.45, 2.75) is 6.04 Å². The average molecular weight is 319 g/mol. The number of rotatable bonds is 2. The van der Waals surface area contributed by atoms with Gasteiger partial charge in [-0.1, -0.05) is 22.0 Å². The Hall–Kier alpha value is -0.590. The summed E-state index contributed by atoms with van der Waals surface area (Å²) in [6, 6.07) is 7.73. The van der Waals surface area contributed by atoms with E-state index in [1.54, 1.807) is 0 Å². The van der Waals surface area contributed by atoms with E-state index >= 15 is 0 Å². The fourth-order valence-corrected chi connectivity index (χ4v) is 4.01. The number of hydrogen-bond donors (Lipinski definition) is 1. The standard InChI is InChI=1S/C11H15BrN2O2S/c12-9-2-1-3-10(6-9)14-4-5-17(15,16)8-11(14)7-13/h1-3,6,11H,4-5,7-8,13H2. The van der Waals surface area contributed by atoms with E-state index in [0.717, 1.165) is 10.2 Å². The second-order valence-corrected chi connectivity index (χ2v) is 7.32. The maximum atomic E-state index is 11.6. The van der Waals surface area contributed by atoms with Crippen LogP contribution in [0.15, 0.2) is 28.7 Å². The lowest BCUT2D eigenvalue weighted by atomic mass is 10.2. The zero-order valence-electron chi connectivity index (χ0n) is 9.34. The number of nitrogens with zero attached hydrogens (tertiary/aromatic N) is 1. The van der Waals surface area contributed by atoms with Crippen molar-refractivity contribution in [2.24, 2.45) is 5.73 Å². The first kappa shape index (κ1) is 12.9. The normalized spacial score (nSPS) is 23.6. The van der Waals surface area contributed by atoms with Gasteiger partial charge in [0.05, 0.1) is 17.5 Å². The summed E-state index contributed by atoms with van der Waals surface area (Å²) < 4.78 is 24.1. The Labute approximate surface area is 110 Å². The van der Waals surface area contributed by atoms with Crippen LogP contribution in [0, 0.1) is 0 Å². The van der Waals surface area contributed by atoms with Crippen molar-refractivity contribution in [3.8, 4) is 0 Å². The largest absolute Gasteiger partial charge is 0.365 e. The Morgan fingerprint density at radius 3 is 2.88 bits per heavy atom. The van der Waals surface area contributed by atoms with Crippen LogP contribution in [-0.4, -0.2) is 39.1 Å². The average Bonchev–Trinajstić information content (AvgIpc) is 2.27. The molecular weight excluding hydrogens is 304 g/mol. The molecule has 4 nitrogen and oxygen atoms in total. The van der Waals surface area contributed by atoms with Crippen molar-refractivity contribution >= 4 is 31.5 Å². The minimum atomic E-state index is -2.93. The molecule has 0 saturated carbocycles. The summed E-state index contributed by atoms with van der Waals surface area (Å²) in [5, 5.41) is 0. The van der Waals surface area contributed by atoms with E-state index < -0.39 is 9.84 Å². The molecule has 1 heterocycles. The Kier molecular flexibility index (Phi) is 3.75. The maximum absolute atomic E-state index is 11.6. The first-order chi connectivity index (χ1) is 8.02. The van der Waals surface area contributed by atoms with Crippen LogP contribution >= 0.6 is 15.9 Å². The van der Waals surface area contributed by atoms with E-state index in [1.165, 1.54) is 0 Å². The van der Waals surface area contributed by atoms with Crippen LogP contribution in [0.25, 0.3) is 0 Å². The number of halogens is 1. The lowest BCUT2D eigenvalue weighted by molar-refractivity contribution is 0.559. The van der Waals surface area contributed by atoms with E-state index in [-0.39, 0.29) is 17.5 Å². The summed E-state index contributed by atoms with van der Waals surface area (Å²) in [6.07, 6.45) is 0. The molecule has 1 aliphatic heterocycles. The highest BCUT2D eigenvalue weighted by Gasteiger charge is 2.30. The SMILES string of the molecule is NCC1CS(=O)(=O)CCN1c1cccc(Br)c1. The van der Waals surface area contributed by atoms with Gasteiger partial charge in [0, 0.05) is 23.2 Å². The predicted molar refractivity (Wildman–Crippen MR) is 73.0 cm³/mol. The molecule has 17 heavy (non-hydrogen) atoms. The molecule has 0 spiro atoms. The van der Waals surface area contributed by atoms with Gasteiger partial charge >= 0.3 is 0 Å². The lowest BCUT2D eigenvalue weighted by Gasteiger charge is -2.36. The Bertz CT molecular complexity index is 504. The van der Waals surface area contributed by atoms with Crippen molar-refractivity contribution in [2.75, 3.05) is 29.5 Å². The fraction of sp³-hybridized carbons (Fsp3) is 0.455. The van der Waals surface area contributed by atoms with Crippen LogP contribution in [0.2, 0.25) is 0 Å². The van der Waals surface area contributed by atoms with Crippen LogP contribution in [0.5, 0.6) is 0 Å². The molecule has 0 aliphatic carbocycles. The summed E-state index contributed by atoms with van der Waals surface area (Å²) in [7, 11) is -2.93. The molecule has 1 fully saturated rings. The summed E-state index contributed by atoms with van der Waals surface area (Å²) >= 11 is 3.42. The molecule has 1 aromatic rings. The Morgan fingerprint density at radius 2 is 2.24 bits per heavy atom. The molecule has 1 atom stereocenters. The summed E-state index contributed by atoms with van der Waals surface area (Å²) in [6.45, 7) is 0.867. The Balaban J connectivity index is 2.27. The molecule has 1 aromatic carbocycles. The van der Waals surface area contributed by atoms with Gasteiger partial charge in [-0.25, -0.2) is 8.42 Å². The number of sulfone groups is 1. The minimum Gasteiger partial charge on any atom is -0.365 e. The molecule has 94 valence electrons. The van der Waals surface area contributed by atoms with E-state index in [0.29, 0.717) is 13.1 Å². The highest BCUT2D eigenvalue weighted by molar-refractivity contribution is 9.10. The third kappa shape index (κ3) is 3.00. The molecule has 1 aliphatic rings. The van der Waals surface area contributed by atoms with E-state index in [1.807, 2.05) is 24.3 Å². The molecule has 2 N–H and O–H groups in total. The summed E-state index contributed by atoms with van der Waals surface area (Å²) in [4.78, 5) is 2.08. The van der Waals surface area contributed by atoms with E-state index in [4.69, 9.17) is 5.73 Å². The highest BCUT2D eigenvalue weighted by Crippen LogP contribution is 2.24. The van der Waals surface area contributed by atoms with Crippen LogP contribution in [0.1, 0.15) is 0 Å². The smallest absolute Gasteiger partial charge is 0.154 e. The number of benzene rings is 1. The molecule has 0 bridgehead atoms. The van der Waals surface area contributed by atoms with Gasteiger partial charge in [0.2, 0.25) is 0 Å². The van der Waals surface area contributed by atoms with Crippen molar-refractivity contribution < 1.29 is 8.42 Å². The molecule has 0 aromatic heterocycles. The molecule has 1 unspecified atom stereocenters. The second-order valence-electron chi connectivity index (χ2n) is 4.18. The molecule has 2 rings (SSSR count). The first-order valence-electron chi connectivity index (χ1n) is 5.44. The van der Waals surface area contributed by atoms with Crippen molar-refractivity contribution in [1.29, 1.82) is 0 Å². The van der Waals surface area contributed by atoms with Crippen molar-refractivity contribution in [3.05, 3.63) is 28.7 Å². The van der Waals surface area contributed by atoms with E-state index in [9.17, 15) is 8.42 Å². The zero-order chi connectivity index (χ0) is 12.5. The summed E-state index contributed by atoms with van der Waals surface area (Å²) in [5.41, 5.74) is 6.69. The van der Waals surface area contributed by atoms with Gasteiger partial charge in [-0.3, -0.25) is 0 Å². The highest BCUT2D eigenvalue weighted by atomic mass is 79.9. The molecule has 6 heteroatoms. The zero-order valence-corrected chi connectivity index (χ0v) is 11.7. The van der Waals surface area contributed by atoms with Crippen LogP contribution in [0.4, 0.5) is 5.69 Å². The van der Waals surface area contributed by atoms with Gasteiger partial charge in [0.25, 0.3) is 0 Å². The van der Waals surface area contributed by atoms with Crippen molar-refractivity contribution in [3.63, 3.8) is 0 Å². The van der Waals surface area contributed by atoms with Gasteiger partial charge in [-0.05, 0) is 18.2 Å². The number of anilines is 1. The van der Waals surface area contributed by atoms with E-state index in [2.05, 4.69) is 20.8 Å². The van der Waals surface area contributed by atoms with Gasteiger partial charge < -0.3 is 10.6 Å². The van der Waals surface area contributed by atoms with Crippen LogP contribution < -0.4 is 10.6 Å². The number of nitrogens with two attached hydrogens (primary N) is 1. The topological polar surface area (TPSA) is 63.4 Å². The van der Waals surface area contributed by atoms with Gasteiger partial charge in [0.1, 0.15) is 0 Å². The summed E-state index contributed by atoms with van der Waals surface area (Å²) in [5.74, 6) is 0.353. The quantitative estimate of drug-likeness (QED) is 0.884. The van der Waals surface area contributed by atoms with Gasteiger partial charge in [0.15, 0.2) is 9.84 Å². The van der Waals surface area contributed by atoms with Crippen LogP contribution in [0.3, 0.4) is 0 Å². The number of hydrogen-bond acceptors (Lipinski definition) is 4. The van der Waals surface area contributed by atoms with Gasteiger partial charge in [-0.2, -0.15) is 0 Å². The molecule has 0 amide bonds. The third-order valence-corrected chi connectivity index (χ3v) is 5.13. The molecular formula is C11H15BrN2O2S. The predicted octanol–water partition coefficient (Wildman–Crippen LogP) is 1.01. The minimum absolute atomic E-state index is 0.122. The monoisotopic (exact) mass is 318 g/mol. The Morgan fingerprint density at radius 1 is 1.47 bits per heavy atom. The molecule has 0 radical (unpaired) electrons. The van der Waals surface area contributed by atoms with Gasteiger partial charge in [-0.15, -0.1) is 0 Å². The fourth-order valence-electron chi connectivity index (χ4n) is 2.08. The second kappa shape index (κ2) is 4.96.